The molecule has 0 unspecified atom stereocenters. The Bertz CT molecular complexity index is 963. The lowest BCUT2D eigenvalue weighted by molar-refractivity contribution is -0.255. The summed E-state index contributed by atoms with van der Waals surface area (Å²) in [5.41, 5.74) is 2.89. The highest BCUT2D eigenvalue weighted by atomic mass is 32.2. The molecule has 0 heterocycles. The summed E-state index contributed by atoms with van der Waals surface area (Å²) in [6, 6.07) is 24.3. The predicted molar refractivity (Wildman–Crippen MR) is 123 cm³/mol. The number of hydrogen-bond donors (Lipinski definition) is 0. The molecule has 0 saturated carbocycles. The van der Waals surface area contributed by atoms with E-state index in [4.69, 9.17) is 0 Å². The quantitative estimate of drug-likeness (QED) is 0.507. The van der Waals surface area contributed by atoms with E-state index in [1.165, 1.54) is 11.1 Å². The molecule has 2 nitrogen and oxygen atoms in total. The maximum absolute atomic E-state index is 11.9. The molecular weight excluding hydrogens is 388 g/mol. The summed E-state index contributed by atoms with van der Waals surface area (Å²) in [4.78, 5) is 14.8. The van der Waals surface area contributed by atoms with Gasteiger partial charge in [0, 0.05) is 0 Å². The van der Waals surface area contributed by atoms with Crippen molar-refractivity contribution in [1.29, 1.82) is 0 Å². The van der Waals surface area contributed by atoms with Gasteiger partial charge >= 0.3 is 0 Å². The molecule has 3 aromatic rings. The first-order chi connectivity index (χ1) is 14.0. The summed E-state index contributed by atoms with van der Waals surface area (Å²) in [6.07, 6.45) is 0. The third kappa shape index (κ3) is 4.79. The Hall–Kier alpha value is -2.52. The summed E-state index contributed by atoms with van der Waals surface area (Å²) >= 11 is 0. The fraction of sp³-hybridized carbons (Fsp3) is 0.296. The van der Waals surface area contributed by atoms with Crippen molar-refractivity contribution in [2.75, 3.05) is 0 Å². The Morgan fingerprint density at radius 1 is 0.667 bits per heavy atom. The molecule has 0 radical (unpaired) electrons. The molecule has 0 aliphatic rings. The number of benzene rings is 3. The van der Waals surface area contributed by atoms with Crippen molar-refractivity contribution < 1.29 is 9.90 Å². The molecule has 0 atom stereocenters. The lowest BCUT2D eigenvalue weighted by Crippen LogP contribution is -2.25. The van der Waals surface area contributed by atoms with E-state index in [2.05, 4.69) is 90.1 Å². The third-order valence-electron chi connectivity index (χ3n) is 5.24. The average molecular weight is 419 g/mol. The van der Waals surface area contributed by atoms with Crippen LogP contribution in [0, 0.1) is 0 Å². The van der Waals surface area contributed by atoms with Gasteiger partial charge in [-0.2, -0.15) is 0 Å². The van der Waals surface area contributed by atoms with E-state index in [1.807, 2.05) is 12.1 Å². The van der Waals surface area contributed by atoms with Crippen LogP contribution < -0.4 is 5.11 Å². The molecule has 30 heavy (non-hydrogen) atoms. The number of carboxylic acid groups (broad SMARTS) is 1. The molecule has 3 heteroatoms. The fourth-order valence-corrected chi connectivity index (χ4v) is 5.57. The van der Waals surface area contributed by atoms with Crippen LogP contribution in [-0.2, 0) is 21.7 Å². The van der Waals surface area contributed by atoms with E-state index >= 15 is 0 Å². The van der Waals surface area contributed by atoms with Crippen LogP contribution in [0.5, 0.6) is 0 Å². The van der Waals surface area contributed by atoms with Gasteiger partial charge in [0.25, 0.3) is 0 Å². The summed E-state index contributed by atoms with van der Waals surface area (Å²) in [5, 5.41) is 11.9. The Balaban J connectivity index is 2.16. The molecule has 0 N–H and O–H groups in total. The summed E-state index contributed by atoms with van der Waals surface area (Å²) in [5.74, 6) is -1.14. The van der Waals surface area contributed by atoms with Crippen molar-refractivity contribution in [1.82, 2.24) is 0 Å². The normalized spacial score (nSPS) is 12.2. The predicted octanol–water partition coefficient (Wildman–Crippen LogP) is 5.74. The minimum absolute atomic E-state index is 0.0639. The van der Waals surface area contributed by atoms with E-state index in [0.717, 1.165) is 14.7 Å². The highest BCUT2D eigenvalue weighted by Crippen LogP contribution is 2.35. The first-order valence-corrected chi connectivity index (χ1v) is 11.5. The molecule has 0 saturated heterocycles. The van der Waals surface area contributed by atoms with Gasteiger partial charge in [0.2, 0.25) is 0 Å². The first-order valence-electron chi connectivity index (χ1n) is 10.2. The van der Waals surface area contributed by atoms with Crippen LogP contribution >= 0.6 is 0 Å². The van der Waals surface area contributed by atoms with Crippen LogP contribution in [-0.4, -0.2) is 5.97 Å². The molecule has 0 spiro atoms. The fourth-order valence-electron chi connectivity index (χ4n) is 3.39. The van der Waals surface area contributed by atoms with Gasteiger partial charge < -0.3 is 9.90 Å². The van der Waals surface area contributed by atoms with Crippen molar-refractivity contribution in [3.8, 4) is 0 Å². The molecule has 0 aliphatic carbocycles. The summed E-state index contributed by atoms with van der Waals surface area (Å²) < 4.78 is 0. The molecule has 0 fully saturated rings. The molecule has 0 amide bonds. The molecule has 3 rings (SSSR count). The van der Waals surface area contributed by atoms with Crippen LogP contribution in [0.25, 0.3) is 0 Å². The minimum atomic E-state index is -1.14. The van der Waals surface area contributed by atoms with Crippen LogP contribution in [0.15, 0.2) is 87.5 Å². The second kappa shape index (κ2) is 8.31. The van der Waals surface area contributed by atoms with Gasteiger partial charge in [-0.15, -0.1) is 0 Å². The van der Waals surface area contributed by atoms with Crippen LogP contribution in [0.4, 0.5) is 0 Å². The van der Waals surface area contributed by atoms with Gasteiger partial charge in [0.1, 0.15) is 0 Å². The van der Waals surface area contributed by atoms with E-state index in [1.54, 1.807) is 12.1 Å². The van der Waals surface area contributed by atoms with Gasteiger partial charge in [-0.05, 0) is 58.4 Å². The van der Waals surface area contributed by atoms with Crippen molar-refractivity contribution in [2.24, 2.45) is 0 Å². The maximum Gasteiger partial charge on any atom is 0.175 e. The SMILES string of the molecule is CC(C)(C)c1ccc([S+](c2ccc(C(C)(C)C)cc2)c2ccccc2C(=O)[O-])cc1. The van der Waals surface area contributed by atoms with Crippen LogP contribution in [0.2, 0.25) is 0 Å². The zero-order valence-electron chi connectivity index (χ0n) is 18.7. The van der Waals surface area contributed by atoms with Gasteiger partial charge in [-0.3, -0.25) is 0 Å². The number of rotatable bonds is 4. The Labute approximate surface area is 183 Å². The smallest absolute Gasteiger partial charge is 0.175 e. The van der Waals surface area contributed by atoms with E-state index < -0.39 is 16.9 Å². The van der Waals surface area contributed by atoms with Gasteiger partial charge in [0.05, 0.1) is 22.4 Å². The number of carboxylic acids is 1. The molecule has 156 valence electrons. The lowest BCUT2D eigenvalue weighted by atomic mass is 9.87. The first kappa shape index (κ1) is 22.2. The number of carbonyl (C=O) groups excluding carboxylic acids is 1. The van der Waals surface area contributed by atoms with Crippen molar-refractivity contribution in [3.05, 3.63) is 89.5 Å². The Morgan fingerprint density at radius 2 is 1.07 bits per heavy atom. The van der Waals surface area contributed by atoms with E-state index in [9.17, 15) is 9.90 Å². The Morgan fingerprint density at radius 3 is 1.43 bits per heavy atom. The maximum atomic E-state index is 11.9. The largest absolute Gasteiger partial charge is 0.545 e. The van der Waals surface area contributed by atoms with Gasteiger partial charge in [-0.1, -0.05) is 77.9 Å². The molecular formula is C27H30O2S. The second-order valence-electron chi connectivity index (χ2n) is 9.64. The number of carbonyl (C=O) groups is 1. The monoisotopic (exact) mass is 418 g/mol. The molecule has 0 aliphatic heterocycles. The summed E-state index contributed by atoms with van der Waals surface area (Å²) in [7, 11) is -0.538. The van der Waals surface area contributed by atoms with Gasteiger partial charge in [0.15, 0.2) is 14.7 Å². The molecule has 3 aromatic carbocycles. The highest BCUT2D eigenvalue weighted by Gasteiger charge is 2.32. The topological polar surface area (TPSA) is 40.1 Å². The van der Waals surface area contributed by atoms with E-state index in [-0.39, 0.29) is 16.4 Å². The average Bonchev–Trinajstić information content (AvgIpc) is 2.68. The van der Waals surface area contributed by atoms with E-state index in [0.29, 0.717) is 0 Å². The zero-order valence-corrected chi connectivity index (χ0v) is 19.5. The molecule has 0 aromatic heterocycles. The Kier molecular flexibility index (Phi) is 6.14. The van der Waals surface area contributed by atoms with Crippen molar-refractivity contribution in [3.63, 3.8) is 0 Å². The van der Waals surface area contributed by atoms with Crippen molar-refractivity contribution >= 4 is 16.9 Å². The lowest BCUT2D eigenvalue weighted by Gasteiger charge is -2.20. The second-order valence-corrected chi connectivity index (χ2v) is 11.6. The van der Waals surface area contributed by atoms with Crippen LogP contribution in [0.1, 0.15) is 63.0 Å². The minimum Gasteiger partial charge on any atom is -0.545 e. The number of hydrogen-bond acceptors (Lipinski definition) is 2. The summed E-state index contributed by atoms with van der Waals surface area (Å²) in [6.45, 7) is 13.2. The molecule has 0 bridgehead atoms. The van der Waals surface area contributed by atoms with Gasteiger partial charge in [-0.25, -0.2) is 0 Å². The third-order valence-corrected chi connectivity index (χ3v) is 7.52. The highest BCUT2D eigenvalue weighted by molar-refractivity contribution is 7.97. The number of aromatic carboxylic acids is 1. The van der Waals surface area contributed by atoms with Crippen LogP contribution in [0.3, 0.4) is 0 Å². The zero-order chi connectivity index (χ0) is 22.1. The standard InChI is InChI=1S/C27H30O2S/c1-26(2,3)19-11-15-21(16-12-19)30(24-10-8-7-9-23(24)25(28)29)22-17-13-20(14-18-22)27(4,5)6/h7-18H,1-6H3. The van der Waals surface area contributed by atoms with Crippen molar-refractivity contribution in [2.45, 2.75) is 67.1 Å².